The van der Waals surface area contributed by atoms with Crippen LogP contribution in [-0.4, -0.2) is 31.1 Å². The highest BCUT2D eigenvalue weighted by molar-refractivity contribution is 5.68. The van der Waals surface area contributed by atoms with E-state index >= 15 is 0 Å². The number of aromatic nitrogens is 4. The van der Waals surface area contributed by atoms with E-state index in [4.69, 9.17) is 0 Å². The normalized spacial score (nSPS) is 21.9. The third kappa shape index (κ3) is 1.52. The minimum absolute atomic E-state index is 0.0231. The molecule has 1 N–H and O–H groups in total. The van der Waals surface area contributed by atoms with Crippen LogP contribution < -0.4 is 0 Å². The molecule has 0 aliphatic carbocycles. The van der Waals surface area contributed by atoms with Crippen molar-refractivity contribution in [2.24, 2.45) is 0 Å². The number of nitrogens with zero attached hydrogens (tertiary/aromatic N) is 4. The number of pyridine rings is 1. The van der Waals surface area contributed by atoms with Crippen molar-refractivity contribution in [2.45, 2.75) is 18.6 Å². The summed E-state index contributed by atoms with van der Waals surface area (Å²) in [4.78, 5) is 18.5. The average molecular weight is 248 g/mol. The molecule has 1 aliphatic heterocycles. The first-order chi connectivity index (χ1) is 8.70. The molecule has 3 heterocycles. The molecule has 0 fully saturated rings. The van der Waals surface area contributed by atoms with E-state index in [0.29, 0.717) is 6.29 Å². The lowest BCUT2D eigenvalue weighted by Crippen LogP contribution is -2.11. The standard InChI is InChI=1S/C11H9FN4O2/c12-6-2-1-3-13-10(6)7-4-8(18)11-14-9(5-17)15-16(7)11/h1-3,5,7-8,18H,4H2. The molecule has 2 aromatic heterocycles. The van der Waals surface area contributed by atoms with E-state index in [-0.39, 0.29) is 23.8 Å². The number of hydrogen-bond donors (Lipinski definition) is 1. The van der Waals surface area contributed by atoms with Gasteiger partial charge in [0.1, 0.15) is 23.7 Å². The van der Waals surface area contributed by atoms with Gasteiger partial charge in [-0.15, -0.1) is 5.10 Å². The Bertz CT molecular complexity index is 613. The number of aliphatic hydroxyl groups excluding tert-OH is 1. The number of carbonyl (C=O) groups is 1. The summed E-state index contributed by atoms with van der Waals surface area (Å²) in [5, 5.41) is 13.8. The van der Waals surface area contributed by atoms with Gasteiger partial charge in [0.2, 0.25) is 5.82 Å². The zero-order chi connectivity index (χ0) is 12.7. The van der Waals surface area contributed by atoms with E-state index in [0.717, 1.165) is 0 Å². The van der Waals surface area contributed by atoms with Crippen LogP contribution in [-0.2, 0) is 0 Å². The maximum Gasteiger partial charge on any atom is 0.214 e. The molecule has 6 nitrogen and oxygen atoms in total. The fraction of sp³-hybridized carbons (Fsp3) is 0.273. The predicted octanol–water partition coefficient (Wildman–Crippen LogP) is 0.651. The molecule has 7 heteroatoms. The van der Waals surface area contributed by atoms with Gasteiger partial charge in [0.15, 0.2) is 12.1 Å². The fourth-order valence-electron chi connectivity index (χ4n) is 2.15. The molecule has 18 heavy (non-hydrogen) atoms. The number of aliphatic hydroxyl groups is 1. The van der Waals surface area contributed by atoms with E-state index in [1.807, 2.05) is 0 Å². The molecule has 1 aliphatic rings. The van der Waals surface area contributed by atoms with Crippen LogP contribution in [0.3, 0.4) is 0 Å². The van der Waals surface area contributed by atoms with E-state index in [9.17, 15) is 14.3 Å². The van der Waals surface area contributed by atoms with Gasteiger partial charge >= 0.3 is 0 Å². The Morgan fingerprint density at radius 2 is 2.39 bits per heavy atom. The number of fused-ring (bicyclic) bond motifs is 1. The highest BCUT2D eigenvalue weighted by Crippen LogP contribution is 2.36. The average Bonchev–Trinajstić information content (AvgIpc) is 2.91. The minimum atomic E-state index is -0.863. The molecule has 0 spiro atoms. The van der Waals surface area contributed by atoms with Gasteiger partial charge in [-0.1, -0.05) is 0 Å². The maximum absolute atomic E-state index is 13.7. The SMILES string of the molecule is O=Cc1nc2n(n1)C(c1ncccc1F)CC2O. The molecular formula is C11H9FN4O2. The largest absolute Gasteiger partial charge is 0.385 e. The second kappa shape index (κ2) is 3.95. The van der Waals surface area contributed by atoms with Gasteiger partial charge in [-0.2, -0.15) is 0 Å². The van der Waals surface area contributed by atoms with Crippen molar-refractivity contribution in [3.63, 3.8) is 0 Å². The van der Waals surface area contributed by atoms with E-state index in [1.165, 1.54) is 23.0 Å². The molecule has 0 radical (unpaired) electrons. The Hall–Kier alpha value is -2.15. The Balaban J connectivity index is 2.09. The van der Waals surface area contributed by atoms with Gasteiger partial charge in [0.05, 0.1) is 0 Å². The molecule has 0 aromatic carbocycles. The maximum atomic E-state index is 13.7. The van der Waals surface area contributed by atoms with Crippen LogP contribution in [0.1, 0.15) is 40.7 Å². The van der Waals surface area contributed by atoms with Gasteiger partial charge in [0.25, 0.3) is 0 Å². The van der Waals surface area contributed by atoms with Gasteiger partial charge in [-0.25, -0.2) is 14.1 Å². The topological polar surface area (TPSA) is 80.9 Å². The van der Waals surface area contributed by atoms with Gasteiger partial charge in [-0.05, 0) is 12.1 Å². The zero-order valence-corrected chi connectivity index (χ0v) is 9.19. The molecule has 0 amide bonds. The monoisotopic (exact) mass is 248 g/mol. The third-order valence-electron chi connectivity index (χ3n) is 2.92. The van der Waals surface area contributed by atoms with Gasteiger partial charge in [0, 0.05) is 12.6 Å². The van der Waals surface area contributed by atoms with Crippen LogP contribution in [0.25, 0.3) is 0 Å². The first-order valence-electron chi connectivity index (χ1n) is 5.41. The molecule has 0 saturated heterocycles. The number of aldehydes is 1. The van der Waals surface area contributed by atoms with Crippen molar-refractivity contribution >= 4 is 6.29 Å². The van der Waals surface area contributed by atoms with Crippen molar-refractivity contribution in [2.75, 3.05) is 0 Å². The second-order valence-electron chi connectivity index (χ2n) is 4.03. The number of hydrogen-bond acceptors (Lipinski definition) is 5. The van der Waals surface area contributed by atoms with Crippen LogP contribution in [0.4, 0.5) is 4.39 Å². The summed E-state index contributed by atoms with van der Waals surface area (Å²) in [6.45, 7) is 0. The van der Waals surface area contributed by atoms with Crippen molar-refractivity contribution in [3.8, 4) is 0 Å². The summed E-state index contributed by atoms with van der Waals surface area (Å²) in [5.74, 6) is -0.219. The quantitative estimate of drug-likeness (QED) is 0.789. The molecule has 3 rings (SSSR count). The summed E-state index contributed by atoms with van der Waals surface area (Å²) in [5.41, 5.74) is 0.192. The number of carbonyl (C=O) groups excluding carboxylic acids is 1. The van der Waals surface area contributed by atoms with Crippen LogP contribution in [0.5, 0.6) is 0 Å². The molecule has 0 bridgehead atoms. The first kappa shape index (κ1) is 11.0. The highest BCUT2D eigenvalue weighted by Gasteiger charge is 2.36. The summed E-state index contributed by atoms with van der Waals surface area (Å²) >= 11 is 0. The van der Waals surface area contributed by atoms with Crippen molar-refractivity contribution in [1.29, 1.82) is 0 Å². The van der Waals surface area contributed by atoms with Gasteiger partial charge < -0.3 is 5.11 Å². The lowest BCUT2D eigenvalue weighted by Gasteiger charge is -2.11. The molecule has 2 aromatic rings. The van der Waals surface area contributed by atoms with Crippen LogP contribution in [0, 0.1) is 5.82 Å². The zero-order valence-electron chi connectivity index (χ0n) is 9.19. The minimum Gasteiger partial charge on any atom is -0.385 e. The lowest BCUT2D eigenvalue weighted by molar-refractivity contribution is 0.111. The first-order valence-corrected chi connectivity index (χ1v) is 5.41. The number of rotatable bonds is 2. The summed E-state index contributed by atoms with van der Waals surface area (Å²) in [7, 11) is 0. The number of halogens is 1. The van der Waals surface area contributed by atoms with Crippen molar-refractivity contribution in [3.05, 3.63) is 41.5 Å². The third-order valence-corrected chi connectivity index (χ3v) is 2.92. The Kier molecular flexibility index (Phi) is 2.41. The smallest absolute Gasteiger partial charge is 0.214 e. The van der Waals surface area contributed by atoms with Crippen LogP contribution in [0.15, 0.2) is 18.3 Å². The Labute approximate surface area is 101 Å². The van der Waals surface area contributed by atoms with Crippen molar-refractivity contribution in [1.82, 2.24) is 19.7 Å². The van der Waals surface area contributed by atoms with Crippen LogP contribution in [0.2, 0.25) is 0 Å². The predicted molar refractivity (Wildman–Crippen MR) is 57.3 cm³/mol. The molecule has 2 unspecified atom stereocenters. The molecular weight excluding hydrogens is 239 g/mol. The van der Waals surface area contributed by atoms with Crippen LogP contribution >= 0.6 is 0 Å². The lowest BCUT2D eigenvalue weighted by atomic mass is 10.1. The van der Waals surface area contributed by atoms with E-state index in [1.54, 1.807) is 0 Å². The van der Waals surface area contributed by atoms with E-state index in [2.05, 4.69) is 15.1 Å². The van der Waals surface area contributed by atoms with Crippen molar-refractivity contribution < 1.29 is 14.3 Å². The summed E-state index contributed by atoms with van der Waals surface area (Å²) in [6, 6.07) is 2.26. The Morgan fingerprint density at radius 3 is 3.11 bits per heavy atom. The Morgan fingerprint density at radius 1 is 1.56 bits per heavy atom. The van der Waals surface area contributed by atoms with E-state index < -0.39 is 18.0 Å². The van der Waals surface area contributed by atoms with Gasteiger partial charge in [-0.3, -0.25) is 9.78 Å². The molecule has 92 valence electrons. The highest BCUT2D eigenvalue weighted by atomic mass is 19.1. The molecule has 2 atom stereocenters. The molecule has 0 saturated carbocycles. The fourth-order valence-corrected chi connectivity index (χ4v) is 2.15. The second-order valence-corrected chi connectivity index (χ2v) is 4.03. The summed E-state index contributed by atoms with van der Waals surface area (Å²) in [6.07, 6.45) is 1.35. The summed E-state index contributed by atoms with van der Waals surface area (Å²) < 4.78 is 15.0.